The van der Waals surface area contributed by atoms with E-state index in [2.05, 4.69) is 18.4 Å². The largest absolute Gasteiger partial charge is 0.329 e. The number of fused-ring (bicyclic) bond motifs is 3. The summed E-state index contributed by atoms with van der Waals surface area (Å²) in [5.41, 5.74) is 5.09. The molecule has 38 heavy (non-hydrogen) atoms. The van der Waals surface area contributed by atoms with E-state index < -0.39 is 6.04 Å². The van der Waals surface area contributed by atoms with Crippen LogP contribution in [0.25, 0.3) is 5.69 Å². The van der Waals surface area contributed by atoms with Gasteiger partial charge in [0.15, 0.2) is 0 Å². The van der Waals surface area contributed by atoms with Crippen LogP contribution in [0.4, 0.5) is 10.1 Å². The van der Waals surface area contributed by atoms with Gasteiger partial charge >= 0.3 is 0 Å². The number of benzene rings is 3. The summed E-state index contributed by atoms with van der Waals surface area (Å²) in [6.45, 7) is 4.58. The summed E-state index contributed by atoms with van der Waals surface area (Å²) in [7, 11) is 0. The molecule has 0 radical (unpaired) electrons. The summed E-state index contributed by atoms with van der Waals surface area (Å²) in [5.74, 6) is -0.668. The molecule has 0 fully saturated rings. The molecule has 1 unspecified atom stereocenters. The third kappa shape index (κ3) is 4.86. The first-order valence-electron chi connectivity index (χ1n) is 13.2. The number of nitrogens with zero attached hydrogens (tertiary/aromatic N) is 3. The highest BCUT2D eigenvalue weighted by Crippen LogP contribution is 2.42. The van der Waals surface area contributed by atoms with Gasteiger partial charge in [-0.25, -0.2) is 4.39 Å². The fraction of sp³-hybridized carbons (Fsp3) is 0.250. The number of aromatic nitrogens is 1. The Morgan fingerprint density at radius 2 is 1.58 bits per heavy atom. The second-order valence-corrected chi connectivity index (χ2v) is 9.64. The van der Waals surface area contributed by atoms with Crippen molar-refractivity contribution in [1.82, 2.24) is 9.47 Å². The minimum atomic E-state index is -0.458. The zero-order chi connectivity index (χ0) is 26.6. The van der Waals surface area contributed by atoms with Crippen LogP contribution in [0.5, 0.6) is 0 Å². The van der Waals surface area contributed by atoms with Crippen LogP contribution in [0.15, 0.2) is 91.1 Å². The Bertz CT molecular complexity index is 1430. The van der Waals surface area contributed by atoms with Crippen LogP contribution >= 0.6 is 0 Å². The van der Waals surface area contributed by atoms with Gasteiger partial charge in [0.05, 0.1) is 17.1 Å². The molecule has 1 aliphatic heterocycles. The average molecular weight is 510 g/mol. The molecule has 3 aromatic carbocycles. The van der Waals surface area contributed by atoms with E-state index in [0.717, 1.165) is 47.5 Å². The number of aryl methyl sites for hydroxylation is 1. The van der Waals surface area contributed by atoms with Crippen molar-refractivity contribution >= 4 is 17.5 Å². The van der Waals surface area contributed by atoms with Crippen molar-refractivity contribution in [3.8, 4) is 5.69 Å². The van der Waals surface area contributed by atoms with Crippen molar-refractivity contribution in [2.24, 2.45) is 0 Å². The molecule has 0 aliphatic carbocycles. The molecule has 5 nitrogen and oxygen atoms in total. The minimum Gasteiger partial charge on any atom is -0.329 e. The third-order valence-electron chi connectivity index (χ3n) is 7.18. The highest BCUT2D eigenvalue weighted by molar-refractivity contribution is 6.02. The van der Waals surface area contributed by atoms with Crippen molar-refractivity contribution in [1.29, 1.82) is 0 Å². The van der Waals surface area contributed by atoms with E-state index in [9.17, 15) is 14.0 Å². The third-order valence-corrected chi connectivity index (χ3v) is 7.18. The number of rotatable bonds is 8. The molecular formula is C32H32FN3O2. The van der Waals surface area contributed by atoms with Crippen molar-refractivity contribution < 1.29 is 14.0 Å². The van der Waals surface area contributed by atoms with E-state index in [-0.39, 0.29) is 24.2 Å². The van der Waals surface area contributed by atoms with E-state index in [1.54, 1.807) is 21.9 Å². The van der Waals surface area contributed by atoms with Crippen LogP contribution in [0.3, 0.4) is 0 Å². The zero-order valence-electron chi connectivity index (χ0n) is 21.8. The van der Waals surface area contributed by atoms with E-state index in [1.807, 2.05) is 66.9 Å². The van der Waals surface area contributed by atoms with Gasteiger partial charge in [0, 0.05) is 18.3 Å². The maximum absolute atomic E-state index is 14.2. The number of hydrogen-bond donors (Lipinski definition) is 0. The lowest BCUT2D eigenvalue weighted by molar-refractivity contribution is -0.119. The Balaban J connectivity index is 1.53. The molecule has 0 saturated heterocycles. The summed E-state index contributed by atoms with van der Waals surface area (Å²) in [5, 5.41) is 0. The van der Waals surface area contributed by atoms with Gasteiger partial charge in [-0.1, -0.05) is 56.7 Å². The number of halogens is 1. The predicted octanol–water partition coefficient (Wildman–Crippen LogP) is 6.56. The predicted molar refractivity (Wildman–Crippen MR) is 148 cm³/mol. The Morgan fingerprint density at radius 3 is 2.26 bits per heavy atom. The molecule has 6 heteroatoms. The molecule has 1 aromatic heterocycles. The van der Waals surface area contributed by atoms with Crippen LogP contribution in [-0.4, -0.2) is 34.4 Å². The Labute approximate surface area is 223 Å². The number of carbonyl (C=O) groups is 2. The smallest absolute Gasteiger partial charge is 0.254 e. The number of hydrogen-bond acceptors (Lipinski definition) is 2. The monoisotopic (exact) mass is 509 g/mol. The van der Waals surface area contributed by atoms with E-state index in [1.165, 1.54) is 12.1 Å². The van der Waals surface area contributed by atoms with Crippen molar-refractivity contribution in [3.05, 3.63) is 119 Å². The standard InChI is InChI=1S/C32H32FN3O2/c1-3-5-20-34(32(38)25-14-12-23(4-2)13-15-25)22-30(37)36-28-10-7-6-9-27(28)35-21-8-11-29(35)31(36)24-16-18-26(33)19-17-24/h6-19,21,31H,3-5,20,22H2,1-2H3. The van der Waals surface area contributed by atoms with Crippen LogP contribution in [-0.2, 0) is 11.2 Å². The number of unbranched alkanes of at least 4 members (excludes halogenated alkanes) is 1. The minimum absolute atomic E-state index is 0.0545. The normalized spacial score (nSPS) is 14.1. The Hall–Kier alpha value is -4.19. The average Bonchev–Trinajstić information content (AvgIpc) is 3.45. The molecule has 0 N–H and O–H groups in total. The van der Waals surface area contributed by atoms with Crippen LogP contribution in [0.1, 0.15) is 59.9 Å². The first-order chi connectivity index (χ1) is 18.5. The van der Waals surface area contributed by atoms with Crippen molar-refractivity contribution in [3.63, 3.8) is 0 Å². The van der Waals surface area contributed by atoms with Crippen molar-refractivity contribution in [2.45, 2.75) is 39.2 Å². The molecule has 0 saturated carbocycles. The quantitative estimate of drug-likeness (QED) is 0.270. The van der Waals surface area contributed by atoms with E-state index in [0.29, 0.717) is 12.1 Å². The highest BCUT2D eigenvalue weighted by Gasteiger charge is 2.37. The number of anilines is 1. The fourth-order valence-electron chi connectivity index (χ4n) is 5.13. The first kappa shape index (κ1) is 25.5. The van der Waals surface area contributed by atoms with Gasteiger partial charge in [0.1, 0.15) is 18.4 Å². The van der Waals surface area contributed by atoms with Crippen LogP contribution < -0.4 is 4.90 Å². The summed E-state index contributed by atoms with van der Waals surface area (Å²) < 4.78 is 15.9. The summed E-state index contributed by atoms with van der Waals surface area (Å²) in [6, 6.07) is 25.1. The topological polar surface area (TPSA) is 45.6 Å². The molecule has 2 heterocycles. The zero-order valence-corrected chi connectivity index (χ0v) is 21.8. The summed E-state index contributed by atoms with van der Waals surface area (Å²) >= 11 is 0. The van der Waals surface area contributed by atoms with Gasteiger partial charge in [0.2, 0.25) is 5.91 Å². The lowest BCUT2D eigenvalue weighted by atomic mass is 9.97. The molecule has 4 aromatic rings. The highest BCUT2D eigenvalue weighted by atomic mass is 19.1. The molecule has 2 amide bonds. The second kappa shape index (κ2) is 11.1. The van der Waals surface area contributed by atoms with E-state index >= 15 is 0 Å². The maximum Gasteiger partial charge on any atom is 0.254 e. The SMILES string of the molecule is CCCCN(CC(=O)N1c2ccccc2-n2cccc2C1c1ccc(F)cc1)C(=O)c1ccc(CC)cc1. The molecule has 0 spiro atoms. The molecular weight excluding hydrogens is 477 g/mol. The number of amides is 2. The van der Waals surface area contributed by atoms with E-state index in [4.69, 9.17) is 0 Å². The first-order valence-corrected chi connectivity index (χ1v) is 13.2. The molecule has 0 bridgehead atoms. The number of para-hydroxylation sites is 2. The van der Waals surface area contributed by atoms with Crippen LogP contribution in [0.2, 0.25) is 0 Å². The lowest BCUT2D eigenvalue weighted by Crippen LogP contribution is -2.47. The van der Waals surface area contributed by atoms with Crippen LogP contribution in [0, 0.1) is 5.82 Å². The Kier molecular flexibility index (Phi) is 7.40. The second-order valence-electron chi connectivity index (χ2n) is 9.64. The lowest BCUT2D eigenvalue weighted by Gasteiger charge is -2.39. The van der Waals surface area contributed by atoms with Gasteiger partial charge in [-0.2, -0.15) is 0 Å². The van der Waals surface area contributed by atoms with Crippen molar-refractivity contribution in [2.75, 3.05) is 18.0 Å². The molecule has 1 atom stereocenters. The summed E-state index contributed by atoms with van der Waals surface area (Å²) in [4.78, 5) is 31.2. The van der Waals surface area contributed by atoms with Gasteiger partial charge in [-0.15, -0.1) is 0 Å². The number of carbonyl (C=O) groups excluding carboxylic acids is 2. The molecule has 194 valence electrons. The molecule has 1 aliphatic rings. The van der Waals surface area contributed by atoms with Gasteiger partial charge in [-0.05, 0) is 72.5 Å². The van der Waals surface area contributed by atoms with Gasteiger partial charge in [0.25, 0.3) is 5.91 Å². The fourth-order valence-corrected chi connectivity index (χ4v) is 5.13. The maximum atomic E-state index is 14.2. The molecule has 5 rings (SSSR count). The summed E-state index contributed by atoms with van der Waals surface area (Å²) in [6.07, 6.45) is 4.58. The van der Waals surface area contributed by atoms with Gasteiger partial charge < -0.3 is 9.47 Å². The van der Waals surface area contributed by atoms with Gasteiger partial charge in [-0.3, -0.25) is 14.5 Å². The Morgan fingerprint density at radius 1 is 0.868 bits per heavy atom.